The number of nitrogens with two attached hydrogens (primary N) is 1. The van der Waals surface area contributed by atoms with Crippen LogP contribution in [0.25, 0.3) is 0 Å². The summed E-state index contributed by atoms with van der Waals surface area (Å²) >= 11 is 0. The highest BCUT2D eigenvalue weighted by Crippen LogP contribution is 2.42. The monoisotopic (exact) mass is 281 g/mol. The van der Waals surface area contributed by atoms with Crippen LogP contribution < -0.4 is 5.73 Å². The minimum atomic E-state index is -0.411. The molecule has 0 aromatic carbocycles. The standard InChI is InChI=1S/C15H27N3O2/c1-4-15(5-2,19-6-3)13-17-12(20-18-13)10-14(11-16)8-7-9-14/h4-11,16H2,1-3H3. The largest absolute Gasteiger partial charge is 0.367 e. The molecule has 0 aliphatic heterocycles. The summed E-state index contributed by atoms with van der Waals surface area (Å²) in [6, 6.07) is 0. The first-order valence-corrected chi connectivity index (χ1v) is 7.80. The lowest BCUT2D eigenvalue weighted by Gasteiger charge is -2.39. The molecule has 0 amide bonds. The van der Waals surface area contributed by atoms with E-state index < -0.39 is 5.60 Å². The molecule has 0 bridgehead atoms. The van der Waals surface area contributed by atoms with Crippen LogP contribution in [-0.2, 0) is 16.8 Å². The van der Waals surface area contributed by atoms with Crippen molar-refractivity contribution in [1.82, 2.24) is 10.1 Å². The SMILES string of the molecule is CCOC(CC)(CC)c1noc(CC2(CN)CCC2)n1. The van der Waals surface area contributed by atoms with E-state index in [4.69, 9.17) is 15.0 Å². The van der Waals surface area contributed by atoms with Crippen molar-refractivity contribution in [2.24, 2.45) is 11.1 Å². The van der Waals surface area contributed by atoms with Crippen molar-refractivity contribution < 1.29 is 9.26 Å². The number of hydrogen-bond acceptors (Lipinski definition) is 5. The van der Waals surface area contributed by atoms with E-state index in [-0.39, 0.29) is 5.41 Å². The van der Waals surface area contributed by atoms with Gasteiger partial charge in [0, 0.05) is 13.0 Å². The van der Waals surface area contributed by atoms with Crippen LogP contribution in [0.4, 0.5) is 0 Å². The summed E-state index contributed by atoms with van der Waals surface area (Å²) in [5.41, 5.74) is 5.67. The Balaban J connectivity index is 2.14. The third-order valence-corrected chi connectivity index (χ3v) is 4.81. The van der Waals surface area contributed by atoms with Crippen molar-refractivity contribution in [1.29, 1.82) is 0 Å². The quantitative estimate of drug-likeness (QED) is 0.793. The Hall–Kier alpha value is -0.940. The van der Waals surface area contributed by atoms with Gasteiger partial charge < -0.3 is 15.0 Å². The fraction of sp³-hybridized carbons (Fsp3) is 0.867. The van der Waals surface area contributed by atoms with Gasteiger partial charge in [-0.1, -0.05) is 25.4 Å². The molecule has 114 valence electrons. The van der Waals surface area contributed by atoms with Crippen LogP contribution in [0.5, 0.6) is 0 Å². The highest BCUT2D eigenvalue weighted by molar-refractivity contribution is 5.04. The molecule has 1 saturated carbocycles. The normalized spacial score (nSPS) is 18.0. The van der Waals surface area contributed by atoms with Crippen LogP contribution in [0.3, 0.4) is 0 Å². The number of rotatable bonds is 8. The van der Waals surface area contributed by atoms with E-state index in [1.54, 1.807) is 0 Å². The van der Waals surface area contributed by atoms with Gasteiger partial charge in [-0.25, -0.2) is 0 Å². The van der Waals surface area contributed by atoms with Crippen molar-refractivity contribution in [2.75, 3.05) is 13.2 Å². The Bertz CT molecular complexity index is 417. The summed E-state index contributed by atoms with van der Waals surface area (Å²) < 4.78 is 11.4. The summed E-state index contributed by atoms with van der Waals surface area (Å²) in [5, 5.41) is 4.17. The molecule has 5 nitrogen and oxygen atoms in total. The maximum Gasteiger partial charge on any atom is 0.227 e. The molecule has 0 radical (unpaired) electrons. The zero-order chi connectivity index (χ0) is 14.6. The third-order valence-electron chi connectivity index (χ3n) is 4.81. The molecule has 0 atom stereocenters. The summed E-state index contributed by atoms with van der Waals surface area (Å²) in [5.74, 6) is 1.39. The average molecular weight is 281 g/mol. The molecular weight excluding hydrogens is 254 g/mol. The molecule has 1 heterocycles. The molecule has 1 aliphatic rings. The van der Waals surface area contributed by atoms with Crippen LogP contribution in [0.2, 0.25) is 0 Å². The van der Waals surface area contributed by atoms with Crippen LogP contribution in [-0.4, -0.2) is 23.3 Å². The lowest BCUT2D eigenvalue weighted by Crippen LogP contribution is -2.39. The maximum absolute atomic E-state index is 5.91. The van der Waals surface area contributed by atoms with Crippen molar-refractivity contribution in [2.45, 2.75) is 64.9 Å². The Morgan fingerprint density at radius 2 is 2.00 bits per heavy atom. The number of hydrogen-bond donors (Lipinski definition) is 1. The second kappa shape index (κ2) is 6.22. The van der Waals surface area contributed by atoms with Gasteiger partial charge in [0.2, 0.25) is 11.7 Å². The van der Waals surface area contributed by atoms with Gasteiger partial charge in [-0.3, -0.25) is 0 Å². The van der Waals surface area contributed by atoms with Crippen LogP contribution in [0.15, 0.2) is 4.52 Å². The fourth-order valence-electron chi connectivity index (χ4n) is 3.07. The lowest BCUT2D eigenvalue weighted by atomic mass is 9.67. The predicted octanol–water partition coefficient (Wildman–Crippen LogP) is 2.79. The van der Waals surface area contributed by atoms with Gasteiger partial charge in [0.15, 0.2) is 0 Å². The van der Waals surface area contributed by atoms with Crippen LogP contribution in [0.1, 0.15) is 64.6 Å². The molecular formula is C15H27N3O2. The van der Waals surface area contributed by atoms with E-state index in [2.05, 4.69) is 24.0 Å². The van der Waals surface area contributed by atoms with E-state index in [1.807, 2.05) is 6.92 Å². The summed E-state index contributed by atoms with van der Waals surface area (Å²) in [7, 11) is 0. The molecule has 1 aromatic rings. The first kappa shape index (κ1) is 15.4. The van der Waals surface area contributed by atoms with Crippen LogP contribution in [0, 0.1) is 5.41 Å². The highest BCUT2D eigenvalue weighted by Gasteiger charge is 2.39. The van der Waals surface area contributed by atoms with Gasteiger partial charge in [-0.2, -0.15) is 4.98 Å². The molecule has 20 heavy (non-hydrogen) atoms. The zero-order valence-corrected chi connectivity index (χ0v) is 12.9. The second-order valence-electron chi connectivity index (χ2n) is 5.88. The molecule has 2 N–H and O–H groups in total. The van der Waals surface area contributed by atoms with Gasteiger partial charge >= 0.3 is 0 Å². The minimum absolute atomic E-state index is 0.191. The minimum Gasteiger partial charge on any atom is -0.367 e. The summed E-state index contributed by atoms with van der Waals surface area (Å²) in [6.45, 7) is 7.55. The van der Waals surface area contributed by atoms with E-state index in [0.29, 0.717) is 24.9 Å². The number of nitrogens with zero attached hydrogens (tertiary/aromatic N) is 2. The fourth-order valence-corrected chi connectivity index (χ4v) is 3.07. The molecule has 0 unspecified atom stereocenters. The first-order chi connectivity index (χ1) is 9.63. The van der Waals surface area contributed by atoms with E-state index in [0.717, 1.165) is 19.3 Å². The van der Waals surface area contributed by atoms with Gasteiger partial charge in [-0.15, -0.1) is 0 Å². The van der Waals surface area contributed by atoms with E-state index in [9.17, 15) is 0 Å². The van der Waals surface area contributed by atoms with Crippen molar-refractivity contribution in [3.05, 3.63) is 11.7 Å². The van der Waals surface area contributed by atoms with Gasteiger partial charge in [0.25, 0.3) is 0 Å². The van der Waals surface area contributed by atoms with E-state index in [1.165, 1.54) is 19.3 Å². The third kappa shape index (κ3) is 2.74. The summed E-state index contributed by atoms with van der Waals surface area (Å²) in [4.78, 5) is 4.60. The molecule has 1 fully saturated rings. The summed E-state index contributed by atoms with van der Waals surface area (Å²) in [6.07, 6.45) is 6.08. The van der Waals surface area contributed by atoms with E-state index >= 15 is 0 Å². The molecule has 1 aliphatic carbocycles. The van der Waals surface area contributed by atoms with Crippen molar-refractivity contribution >= 4 is 0 Å². The molecule has 2 rings (SSSR count). The van der Waals surface area contributed by atoms with Gasteiger partial charge in [0.1, 0.15) is 5.60 Å². The Kier molecular flexibility index (Phi) is 4.81. The Labute approximate surface area is 121 Å². The Morgan fingerprint density at radius 1 is 1.30 bits per heavy atom. The highest BCUT2D eigenvalue weighted by atomic mass is 16.5. The molecule has 1 aromatic heterocycles. The smallest absolute Gasteiger partial charge is 0.227 e. The number of aromatic nitrogens is 2. The lowest BCUT2D eigenvalue weighted by molar-refractivity contribution is -0.0583. The van der Waals surface area contributed by atoms with Gasteiger partial charge in [-0.05, 0) is 44.6 Å². The predicted molar refractivity (Wildman–Crippen MR) is 77.2 cm³/mol. The Morgan fingerprint density at radius 3 is 2.45 bits per heavy atom. The topological polar surface area (TPSA) is 74.2 Å². The van der Waals surface area contributed by atoms with Crippen molar-refractivity contribution in [3.63, 3.8) is 0 Å². The zero-order valence-electron chi connectivity index (χ0n) is 12.9. The average Bonchev–Trinajstić information content (AvgIpc) is 2.89. The maximum atomic E-state index is 5.91. The molecule has 0 spiro atoms. The molecule has 5 heteroatoms. The van der Waals surface area contributed by atoms with Gasteiger partial charge in [0.05, 0.1) is 0 Å². The first-order valence-electron chi connectivity index (χ1n) is 7.80. The number of ether oxygens (including phenoxy) is 1. The van der Waals surface area contributed by atoms with Crippen LogP contribution >= 0.6 is 0 Å². The van der Waals surface area contributed by atoms with Crippen molar-refractivity contribution in [3.8, 4) is 0 Å². The molecule has 0 saturated heterocycles. The second-order valence-corrected chi connectivity index (χ2v) is 5.88.